The van der Waals surface area contributed by atoms with E-state index in [2.05, 4.69) is 15.0 Å². The summed E-state index contributed by atoms with van der Waals surface area (Å²) in [5.41, 5.74) is 4.06. The molecule has 2 aromatic carbocycles. The molecule has 0 bridgehead atoms. The zero-order valence-electron chi connectivity index (χ0n) is 18.6. The second-order valence-electron chi connectivity index (χ2n) is 7.36. The van der Waals surface area contributed by atoms with Crippen molar-refractivity contribution in [2.24, 2.45) is 0 Å². The minimum Gasteiger partial charge on any atom is -0.445 e. The molecule has 0 saturated carbocycles. The molecule has 0 aliphatic heterocycles. The van der Waals surface area contributed by atoms with Crippen molar-refractivity contribution in [3.05, 3.63) is 63.6 Å². The van der Waals surface area contributed by atoms with E-state index >= 15 is 0 Å². The van der Waals surface area contributed by atoms with Gasteiger partial charge in [0.25, 0.3) is 0 Å². The fourth-order valence-electron chi connectivity index (χ4n) is 3.73. The number of ether oxygens (including phenoxy) is 2. The summed E-state index contributed by atoms with van der Waals surface area (Å²) < 4.78 is 14.2. The zero-order valence-corrected chi connectivity index (χ0v) is 20.9. The highest BCUT2D eigenvalue weighted by Gasteiger charge is 2.25. The van der Waals surface area contributed by atoms with Crippen molar-refractivity contribution in [1.29, 1.82) is 0 Å². The number of hydrogen-bond acceptors (Lipinski definition) is 5. The number of nitrogens with one attached hydrogen (secondary N) is 2. The maximum Gasteiger partial charge on any atom is 0.407 e. The van der Waals surface area contributed by atoms with Gasteiger partial charge in [0.15, 0.2) is 0 Å². The van der Waals surface area contributed by atoms with E-state index in [1.807, 2.05) is 44.2 Å². The lowest BCUT2D eigenvalue weighted by molar-refractivity contribution is 0.133. The van der Waals surface area contributed by atoms with Gasteiger partial charge in [-0.3, -0.25) is 4.40 Å². The molecule has 2 aromatic heterocycles. The number of fused-ring (bicyclic) bond motifs is 3. The maximum absolute atomic E-state index is 12.1. The highest BCUT2D eigenvalue weighted by Crippen LogP contribution is 2.41. The highest BCUT2D eigenvalue weighted by molar-refractivity contribution is 7.24. The quantitative estimate of drug-likeness (QED) is 0.287. The molecule has 0 spiro atoms. The minimum absolute atomic E-state index is 0.0115. The van der Waals surface area contributed by atoms with Crippen LogP contribution in [0.5, 0.6) is 0 Å². The lowest BCUT2D eigenvalue weighted by Crippen LogP contribution is -2.24. The van der Waals surface area contributed by atoms with Gasteiger partial charge >= 0.3 is 12.2 Å². The van der Waals surface area contributed by atoms with Crippen LogP contribution >= 0.6 is 34.5 Å². The van der Waals surface area contributed by atoms with Gasteiger partial charge in [-0.1, -0.05) is 41.4 Å². The number of halogens is 2. The van der Waals surface area contributed by atoms with Crippen LogP contribution in [-0.2, 0) is 22.7 Å². The molecular weight excluding hydrogens is 497 g/mol. The molecule has 2 N–H and O–H groups in total. The number of carbonyl (C=O) groups excluding carboxylic acids is 2. The van der Waals surface area contributed by atoms with Crippen molar-refractivity contribution in [3.63, 3.8) is 0 Å². The van der Waals surface area contributed by atoms with Crippen LogP contribution in [0.2, 0.25) is 10.0 Å². The first-order chi connectivity index (χ1) is 16.4. The Labute approximate surface area is 210 Å². The van der Waals surface area contributed by atoms with Crippen LogP contribution in [0.25, 0.3) is 26.3 Å². The van der Waals surface area contributed by atoms with E-state index in [-0.39, 0.29) is 13.2 Å². The normalized spacial score (nSPS) is 11.1. The molecule has 0 radical (unpaired) electrons. The maximum atomic E-state index is 12.1. The average Bonchev–Trinajstić information content (AvgIpc) is 3.33. The number of rotatable bonds is 7. The molecule has 7 nitrogen and oxygen atoms in total. The molecule has 178 valence electrons. The predicted molar refractivity (Wildman–Crippen MR) is 136 cm³/mol. The number of benzene rings is 2. The summed E-state index contributed by atoms with van der Waals surface area (Å²) in [4.78, 5) is 25.1. The smallest absolute Gasteiger partial charge is 0.407 e. The molecule has 10 heteroatoms. The summed E-state index contributed by atoms with van der Waals surface area (Å²) in [6.45, 7) is 4.53. The first-order valence-corrected chi connectivity index (χ1v) is 12.3. The number of carbonyl (C=O) groups is 2. The van der Waals surface area contributed by atoms with E-state index < -0.39 is 12.2 Å². The summed E-state index contributed by atoms with van der Waals surface area (Å²) in [6, 6.07) is 13.4. The Hall–Kier alpha value is -2.94. The van der Waals surface area contributed by atoms with Crippen LogP contribution in [0.3, 0.4) is 0 Å². The molecular formula is C24H23Cl2N3O4S. The summed E-state index contributed by atoms with van der Waals surface area (Å²) >= 11 is 14.1. The van der Waals surface area contributed by atoms with Crippen molar-refractivity contribution >= 4 is 61.8 Å². The zero-order chi connectivity index (χ0) is 24.2. The number of hydrogen-bond donors (Lipinski definition) is 2. The standard InChI is InChI=1S/C24H23Cl2N3O4S/c1-3-27-23(30)32-12-15-16(13-33-24(31)28-4-2)22-29(19-7-5-6-8-20(19)34-22)21(15)14-9-10-17(25)18(26)11-14/h5-11H,3-4,12-13H2,1-2H3,(H,27,30)(H,28,31). The van der Waals surface area contributed by atoms with Gasteiger partial charge in [-0.25, -0.2) is 9.59 Å². The van der Waals surface area contributed by atoms with Crippen LogP contribution in [0.4, 0.5) is 9.59 Å². The Bertz CT molecular complexity index is 1370. The Kier molecular flexibility index (Phi) is 7.50. The van der Waals surface area contributed by atoms with Crippen LogP contribution < -0.4 is 10.6 Å². The van der Waals surface area contributed by atoms with Gasteiger partial charge in [-0.2, -0.15) is 0 Å². The van der Waals surface area contributed by atoms with E-state index in [0.717, 1.165) is 37.4 Å². The molecule has 4 aromatic rings. The van der Waals surface area contributed by atoms with E-state index in [0.29, 0.717) is 23.1 Å². The Morgan fingerprint density at radius 1 is 0.912 bits per heavy atom. The van der Waals surface area contributed by atoms with Gasteiger partial charge in [-0.15, -0.1) is 11.3 Å². The van der Waals surface area contributed by atoms with Gasteiger partial charge in [0.1, 0.15) is 18.0 Å². The van der Waals surface area contributed by atoms with Crippen LogP contribution in [-0.4, -0.2) is 29.7 Å². The van der Waals surface area contributed by atoms with E-state index in [4.69, 9.17) is 32.7 Å². The fourth-order valence-corrected chi connectivity index (χ4v) is 5.23. The lowest BCUT2D eigenvalue weighted by Gasteiger charge is -2.12. The number of aromatic nitrogens is 1. The van der Waals surface area contributed by atoms with Crippen LogP contribution in [0.15, 0.2) is 42.5 Å². The van der Waals surface area contributed by atoms with Crippen molar-refractivity contribution < 1.29 is 19.1 Å². The molecule has 2 heterocycles. The van der Waals surface area contributed by atoms with Gasteiger partial charge < -0.3 is 20.1 Å². The summed E-state index contributed by atoms with van der Waals surface area (Å²) in [5, 5.41) is 6.12. The van der Waals surface area contributed by atoms with E-state index in [1.165, 1.54) is 0 Å². The number of nitrogens with zero attached hydrogens (tertiary/aromatic N) is 1. The van der Waals surface area contributed by atoms with Crippen LogP contribution in [0.1, 0.15) is 25.0 Å². The van der Waals surface area contributed by atoms with Gasteiger partial charge in [0.05, 0.1) is 26.0 Å². The number of amides is 2. The monoisotopic (exact) mass is 519 g/mol. The summed E-state index contributed by atoms with van der Waals surface area (Å²) in [6.07, 6.45) is -1.05. The first-order valence-electron chi connectivity index (χ1n) is 10.7. The molecule has 0 aliphatic rings. The van der Waals surface area contributed by atoms with E-state index in [1.54, 1.807) is 23.5 Å². The molecule has 34 heavy (non-hydrogen) atoms. The van der Waals surface area contributed by atoms with Crippen molar-refractivity contribution in [2.75, 3.05) is 13.1 Å². The minimum atomic E-state index is -0.530. The van der Waals surface area contributed by atoms with Crippen molar-refractivity contribution in [3.8, 4) is 11.3 Å². The third-order valence-electron chi connectivity index (χ3n) is 5.18. The fraction of sp³-hybridized carbons (Fsp3) is 0.250. The Balaban J connectivity index is 1.93. The van der Waals surface area contributed by atoms with E-state index in [9.17, 15) is 9.59 Å². The lowest BCUT2D eigenvalue weighted by atomic mass is 10.1. The highest BCUT2D eigenvalue weighted by atomic mass is 35.5. The number of alkyl carbamates (subject to hydrolysis) is 2. The second kappa shape index (κ2) is 10.5. The molecule has 0 saturated heterocycles. The largest absolute Gasteiger partial charge is 0.445 e. The van der Waals surface area contributed by atoms with Gasteiger partial charge in [0, 0.05) is 29.8 Å². The third-order valence-corrected chi connectivity index (χ3v) is 7.10. The Morgan fingerprint density at radius 3 is 2.21 bits per heavy atom. The predicted octanol–water partition coefficient (Wildman–Crippen LogP) is 6.62. The first kappa shape index (κ1) is 24.2. The molecule has 0 atom stereocenters. The number of para-hydroxylation sites is 1. The molecule has 4 rings (SSSR count). The third kappa shape index (κ3) is 4.80. The molecule has 0 fully saturated rings. The average molecular weight is 520 g/mol. The topological polar surface area (TPSA) is 81.1 Å². The second-order valence-corrected chi connectivity index (χ2v) is 9.20. The number of thiazole rings is 1. The Morgan fingerprint density at radius 2 is 1.56 bits per heavy atom. The van der Waals surface area contributed by atoms with Gasteiger partial charge in [-0.05, 0) is 38.1 Å². The summed E-state index contributed by atoms with van der Waals surface area (Å²) in [7, 11) is 0. The SMILES string of the molecule is CCNC(=O)OCc1c(COC(=O)NCC)c2sc3ccccc3n2c1-c1ccc(Cl)c(Cl)c1. The van der Waals surface area contributed by atoms with Gasteiger partial charge in [0.2, 0.25) is 0 Å². The van der Waals surface area contributed by atoms with Crippen molar-refractivity contribution in [1.82, 2.24) is 15.0 Å². The molecule has 0 unspecified atom stereocenters. The van der Waals surface area contributed by atoms with Crippen LogP contribution in [0, 0.1) is 0 Å². The molecule has 0 aliphatic carbocycles. The molecule has 2 amide bonds. The summed E-state index contributed by atoms with van der Waals surface area (Å²) in [5.74, 6) is 0. The van der Waals surface area contributed by atoms with Crippen molar-refractivity contribution in [2.45, 2.75) is 27.1 Å².